The lowest BCUT2D eigenvalue weighted by atomic mass is 10.1. The predicted octanol–water partition coefficient (Wildman–Crippen LogP) is 2.98. The van der Waals surface area contributed by atoms with Gasteiger partial charge in [-0.05, 0) is 44.0 Å². The molecule has 24 heavy (non-hydrogen) atoms. The number of terminal acetylenes is 1. The van der Waals surface area contributed by atoms with E-state index < -0.39 is 5.91 Å². The summed E-state index contributed by atoms with van der Waals surface area (Å²) < 4.78 is 5.54. The number of ether oxygens (including phenoxy) is 1. The molecule has 0 aliphatic rings. The molecule has 0 radical (unpaired) electrons. The maximum atomic E-state index is 11.3. The molecule has 2 N–H and O–H groups in total. The summed E-state index contributed by atoms with van der Waals surface area (Å²) in [5.41, 5.74) is 3.05. The van der Waals surface area contributed by atoms with Crippen molar-refractivity contribution in [2.24, 2.45) is 0 Å². The van der Waals surface area contributed by atoms with Crippen LogP contribution < -0.4 is 10.1 Å². The van der Waals surface area contributed by atoms with Gasteiger partial charge in [0.2, 0.25) is 5.88 Å². The van der Waals surface area contributed by atoms with E-state index in [4.69, 9.17) is 11.2 Å². The van der Waals surface area contributed by atoms with E-state index in [1.807, 2.05) is 38.0 Å². The molecule has 2 aromatic heterocycles. The number of hydrogen-bond donors (Lipinski definition) is 2. The zero-order valence-corrected chi connectivity index (χ0v) is 13.3. The average molecular weight is 320 g/mol. The van der Waals surface area contributed by atoms with E-state index in [9.17, 15) is 4.79 Å². The molecule has 0 fully saturated rings. The van der Waals surface area contributed by atoms with E-state index in [1.165, 1.54) is 0 Å². The first kappa shape index (κ1) is 15.6. The van der Waals surface area contributed by atoms with E-state index in [0.29, 0.717) is 11.6 Å². The van der Waals surface area contributed by atoms with Gasteiger partial charge in [0.1, 0.15) is 5.69 Å². The Labute approximate surface area is 139 Å². The molecule has 0 atom stereocenters. The molecule has 120 valence electrons. The first-order valence-corrected chi connectivity index (χ1v) is 7.45. The highest BCUT2D eigenvalue weighted by Gasteiger charge is 2.11. The number of aromatic amines is 1. The number of nitrogens with zero attached hydrogens (tertiary/aromatic N) is 2. The number of aromatic nitrogens is 3. The highest BCUT2D eigenvalue weighted by Crippen LogP contribution is 2.28. The van der Waals surface area contributed by atoms with Gasteiger partial charge < -0.3 is 10.1 Å². The van der Waals surface area contributed by atoms with Crippen LogP contribution in [0.15, 0.2) is 36.5 Å². The lowest BCUT2D eigenvalue weighted by Gasteiger charge is -2.08. The van der Waals surface area contributed by atoms with E-state index in [1.54, 1.807) is 18.3 Å². The maximum absolute atomic E-state index is 11.3. The number of benzene rings is 1. The monoisotopic (exact) mass is 320 g/mol. The number of pyridine rings is 1. The molecule has 6 nitrogen and oxygen atoms in total. The standard InChI is InChI=1S/C18H16N4O2/c1-4-16(23)20-13-6-7-15-14(9-13)18(22-21-15)12-5-8-17(19-10-12)24-11(2)3/h1,5-11H,2-3H3,(H,20,23)(H,21,22). The Balaban J connectivity index is 1.95. The fourth-order valence-corrected chi connectivity index (χ4v) is 2.31. The largest absolute Gasteiger partial charge is 0.475 e. The van der Waals surface area contributed by atoms with Gasteiger partial charge in [-0.2, -0.15) is 5.10 Å². The summed E-state index contributed by atoms with van der Waals surface area (Å²) in [5.74, 6) is 2.10. The summed E-state index contributed by atoms with van der Waals surface area (Å²) in [6.45, 7) is 3.89. The zero-order valence-electron chi connectivity index (χ0n) is 13.3. The number of carbonyl (C=O) groups is 1. The Morgan fingerprint density at radius 2 is 2.17 bits per heavy atom. The smallest absolute Gasteiger partial charge is 0.300 e. The number of nitrogens with one attached hydrogen (secondary N) is 2. The molecule has 0 bridgehead atoms. The van der Waals surface area contributed by atoms with Gasteiger partial charge in [-0.3, -0.25) is 9.89 Å². The van der Waals surface area contributed by atoms with Gasteiger partial charge in [0.05, 0.1) is 11.6 Å². The maximum Gasteiger partial charge on any atom is 0.300 e. The van der Waals surface area contributed by atoms with Crippen LogP contribution >= 0.6 is 0 Å². The van der Waals surface area contributed by atoms with Crippen molar-refractivity contribution in [3.8, 4) is 29.5 Å². The van der Waals surface area contributed by atoms with Crippen LogP contribution in [0.2, 0.25) is 0 Å². The minimum Gasteiger partial charge on any atom is -0.475 e. The van der Waals surface area contributed by atoms with Crippen LogP contribution in [0.4, 0.5) is 5.69 Å². The summed E-state index contributed by atoms with van der Waals surface area (Å²) in [4.78, 5) is 15.6. The lowest BCUT2D eigenvalue weighted by Crippen LogP contribution is -2.07. The third-order valence-electron chi connectivity index (χ3n) is 3.32. The second-order valence-electron chi connectivity index (χ2n) is 5.48. The summed E-state index contributed by atoms with van der Waals surface area (Å²) in [5, 5.41) is 10.8. The molecule has 0 saturated carbocycles. The van der Waals surface area contributed by atoms with Gasteiger partial charge in [0.15, 0.2) is 0 Å². The summed E-state index contributed by atoms with van der Waals surface area (Å²) in [6, 6.07) is 9.12. The third kappa shape index (κ3) is 3.20. The molecule has 0 aliphatic carbocycles. The first-order chi connectivity index (χ1) is 11.6. The second kappa shape index (κ2) is 6.42. The fourth-order valence-electron chi connectivity index (χ4n) is 2.31. The van der Waals surface area contributed by atoms with Gasteiger partial charge in [-0.25, -0.2) is 4.98 Å². The highest BCUT2D eigenvalue weighted by molar-refractivity contribution is 6.05. The molecule has 6 heteroatoms. The zero-order chi connectivity index (χ0) is 17.1. The van der Waals surface area contributed by atoms with Crippen LogP contribution in [0.25, 0.3) is 22.2 Å². The molecule has 1 amide bonds. The first-order valence-electron chi connectivity index (χ1n) is 7.45. The Kier molecular flexibility index (Phi) is 4.17. The molecule has 2 heterocycles. The Morgan fingerprint density at radius 1 is 1.33 bits per heavy atom. The van der Waals surface area contributed by atoms with E-state index in [0.717, 1.165) is 22.2 Å². The molecule has 1 aromatic carbocycles. The summed E-state index contributed by atoms with van der Waals surface area (Å²) in [7, 11) is 0. The minimum atomic E-state index is -0.490. The number of anilines is 1. The van der Waals surface area contributed by atoms with Crippen molar-refractivity contribution in [1.29, 1.82) is 0 Å². The van der Waals surface area contributed by atoms with Gasteiger partial charge in [-0.1, -0.05) is 0 Å². The van der Waals surface area contributed by atoms with Crippen LogP contribution in [-0.4, -0.2) is 27.2 Å². The second-order valence-corrected chi connectivity index (χ2v) is 5.48. The van der Waals surface area contributed by atoms with Crippen molar-refractivity contribution in [3.05, 3.63) is 36.5 Å². The van der Waals surface area contributed by atoms with E-state index in [-0.39, 0.29) is 6.10 Å². The number of hydrogen-bond acceptors (Lipinski definition) is 4. The van der Waals surface area contributed by atoms with Crippen molar-refractivity contribution in [2.45, 2.75) is 20.0 Å². The Bertz CT molecular complexity index is 920. The molecular formula is C18H16N4O2. The van der Waals surface area contributed by atoms with E-state index in [2.05, 4.69) is 20.5 Å². The van der Waals surface area contributed by atoms with Crippen molar-refractivity contribution >= 4 is 22.5 Å². The Hall–Kier alpha value is -3.33. The predicted molar refractivity (Wildman–Crippen MR) is 92.6 cm³/mol. The minimum absolute atomic E-state index is 0.0666. The van der Waals surface area contributed by atoms with Gasteiger partial charge >= 0.3 is 0 Å². The summed E-state index contributed by atoms with van der Waals surface area (Å²) >= 11 is 0. The van der Waals surface area contributed by atoms with Crippen molar-refractivity contribution in [2.75, 3.05) is 5.32 Å². The third-order valence-corrected chi connectivity index (χ3v) is 3.32. The van der Waals surface area contributed by atoms with Crippen molar-refractivity contribution in [1.82, 2.24) is 15.2 Å². The lowest BCUT2D eigenvalue weighted by molar-refractivity contribution is -0.111. The molecule has 3 aromatic rings. The molecular weight excluding hydrogens is 304 g/mol. The normalized spacial score (nSPS) is 10.6. The molecule has 0 saturated heterocycles. The number of carbonyl (C=O) groups excluding carboxylic acids is 1. The van der Waals surface area contributed by atoms with Crippen molar-refractivity contribution in [3.63, 3.8) is 0 Å². The molecule has 0 aliphatic heterocycles. The summed E-state index contributed by atoms with van der Waals surface area (Å²) in [6.07, 6.45) is 6.86. The van der Waals surface area contributed by atoms with Gasteiger partial charge in [0, 0.05) is 28.9 Å². The van der Waals surface area contributed by atoms with Crippen LogP contribution in [0, 0.1) is 12.3 Å². The SMILES string of the molecule is C#CC(=O)Nc1ccc2[nH]nc(-c3ccc(OC(C)C)nc3)c2c1. The average Bonchev–Trinajstić information content (AvgIpc) is 2.98. The highest BCUT2D eigenvalue weighted by atomic mass is 16.5. The number of fused-ring (bicyclic) bond motifs is 1. The van der Waals surface area contributed by atoms with E-state index >= 15 is 0 Å². The Morgan fingerprint density at radius 3 is 2.83 bits per heavy atom. The molecule has 0 unspecified atom stereocenters. The van der Waals surface area contributed by atoms with Crippen molar-refractivity contribution < 1.29 is 9.53 Å². The van der Waals surface area contributed by atoms with Crippen LogP contribution in [0.1, 0.15) is 13.8 Å². The molecule has 0 spiro atoms. The number of rotatable bonds is 4. The van der Waals surface area contributed by atoms with Crippen LogP contribution in [0.5, 0.6) is 5.88 Å². The number of H-pyrrole nitrogens is 1. The van der Waals surface area contributed by atoms with Crippen LogP contribution in [0.3, 0.4) is 0 Å². The molecule has 3 rings (SSSR count). The fraction of sp³-hybridized carbons (Fsp3) is 0.167. The number of amides is 1. The topological polar surface area (TPSA) is 79.9 Å². The van der Waals surface area contributed by atoms with Crippen LogP contribution in [-0.2, 0) is 4.79 Å². The van der Waals surface area contributed by atoms with Gasteiger partial charge in [-0.15, -0.1) is 6.42 Å². The van der Waals surface area contributed by atoms with Gasteiger partial charge in [0.25, 0.3) is 5.91 Å². The quantitative estimate of drug-likeness (QED) is 0.724.